The largest absolute Gasteiger partial charge is 0.493 e. The molecule has 47 heavy (non-hydrogen) atoms. The number of methoxy groups -OCH3 is 4. The zero-order valence-electron chi connectivity index (χ0n) is 25.9. The van der Waals surface area contributed by atoms with Gasteiger partial charge >= 0.3 is 0 Å². The zero-order valence-corrected chi connectivity index (χ0v) is 25.9. The molecule has 6 aromatic rings. The fourth-order valence-corrected chi connectivity index (χ4v) is 5.07. The number of carbonyl (C=O) groups excluding carboxylic acids is 2. The standard InChI is InChI=1S/C36H29N3O8/c1-42-31-16-24-27(18-33(31)44-3)38-13-11-29(24)46-21-7-5-20(6-8-21)35(40)36(41)23-10-9-22(15-26(23)37)47-30-12-14-39-28-19-34(45-4)32(43-2)17-25(28)30/h5-19H,37H2,1-4H3. The molecule has 0 unspecified atom stereocenters. The number of hydrogen-bond donors (Lipinski definition) is 1. The van der Waals surface area contributed by atoms with Gasteiger partial charge in [-0.25, -0.2) is 0 Å². The van der Waals surface area contributed by atoms with Crippen LogP contribution in [0.25, 0.3) is 21.8 Å². The predicted octanol–water partition coefficient (Wildman–Crippen LogP) is 7.05. The summed E-state index contributed by atoms with van der Waals surface area (Å²) in [5, 5.41) is 1.39. The van der Waals surface area contributed by atoms with Gasteiger partial charge in [0, 0.05) is 58.2 Å². The lowest BCUT2D eigenvalue weighted by molar-refractivity contribution is 0.0817. The van der Waals surface area contributed by atoms with Crippen molar-refractivity contribution < 1.29 is 38.0 Å². The molecule has 2 heterocycles. The molecule has 0 aliphatic carbocycles. The van der Waals surface area contributed by atoms with Gasteiger partial charge in [0.2, 0.25) is 11.6 Å². The highest BCUT2D eigenvalue weighted by Crippen LogP contribution is 2.38. The highest BCUT2D eigenvalue weighted by atomic mass is 16.5. The average Bonchev–Trinajstić information content (AvgIpc) is 3.10. The lowest BCUT2D eigenvalue weighted by Crippen LogP contribution is -2.16. The summed E-state index contributed by atoms with van der Waals surface area (Å²) in [5.41, 5.74) is 7.86. The maximum atomic E-state index is 13.2. The van der Waals surface area contributed by atoms with Crippen LogP contribution >= 0.6 is 0 Å². The van der Waals surface area contributed by atoms with Crippen LogP contribution in [0.2, 0.25) is 0 Å². The van der Waals surface area contributed by atoms with Gasteiger partial charge in [0.1, 0.15) is 23.0 Å². The molecule has 0 saturated carbocycles. The first-order valence-electron chi connectivity index (χ1n) is 14.3. The number of Topliss-reactive ketones (excluding diaryl/α,β-unsaturated/α-hetero) is 2. The van der Waals surface area contributed by atoms with Crippen molar-refractivity contribution in [1.29, 1.82) is 0 Å². The quantitative estimate of drug-likeness (QED) is 0.0893. The van der Waals surface area contributed by atoms with Gasteiger partial charge in [-0.05, 0) is 60.7 Å². The van der Waals surface area contributed by atoms with Crippen molar-refractivity contribution in [2.75, 3.05) is 34.2 Å². The Morgan fingerprint density at radius 2 is 1.00 bits per heavy atom. The Balaban J connectivity index is 1.18. The van der Waals surface area contributed by atoms with E-state index in [2.05, 4.69) is 9.97 Å². The van der Waals surface area contributed by atoms with Gasteiger partial charge in [-0.15, -0.1) is 0 Å². The van der Waals surface area contributed by atoms with E-state index >= 15 is 0 Å². The molecule has 2 aromatic heterocycles. The van der Waals surface area contributed by atoms with E-state index in [1.807, 2.05) is 0 Å². The minimum Gasteiger partial charge on any atom is -0.493 e. The molecule has 0 aliphatic rings. The number of nitrogens with two attached hydrogens (primary N) is 1. The predicted molar refractivity (Wildman–Crippen MR) is 176 cm³/mol. The Hall–Kier alpha value is -6.36. The first-order valence-corrected chi connectivity index (χ1v) is 14.3. The van der Waals surface area contributed by atoms with Gasteiger partial charge in [-0.3, -0.25) is 19.6 Å². The number of nitrogens with zero attached hydrogens (tertiary/aromatic N) is 2. The Kier molecular flexibility index (Phi) is 8.44. The number of nitrogen functional groups attached to an aromatic ring is 1. The van der Waals surface area contributed by atoms with Crippen LogP contribution in [-0.4, -0.2) is 50.0 Å². The third-order valence-corrected chi connectivity index (χ3v) is 7.46. The van der Waals surface area contributed by atoms with Gasteiger partial charge < -0.3 is 34.2 Å². The van der Waals surface area contributed by atoms with E-state index in [0.717, 1.165) is 0 Å². The van der Waals surface area contributed by atoms with Gasteiger partial charge in [-0.2, -0.15) is 0 Å². The Morgan fingerprint density at radius 3 is 1.49 bits per heavy atom. The number of benzene rings is 4. The maximum Gasteiger partial charge on any atom is 0.235 e. The summed E-state index contributed by atoms with van der Waals surface area (Å²) in [5.74, 6) is 2.50. The second-order valence-corrected chi connectivity index (χ2v) is 10.2. The van der Waals surface area contributed by atoms with Crippen molar-refractivity contribution in [2.45, 2.75) is 0 Å². The Bertz CT molecular complexity index is 2150. The van der Waals surface area contributed by atoms with Gasteiger partial charge in [0.25, 0.3) is 0 Å². The Labute approximate surface area is 269 Å². The molecule has 11 heteroatoms. The summed E-state index contributed by atoms with van der Waals surface area (Å²) in [6.45, 7) is 0. The SMILES string of the molecule is COc1cc2nccc(Oc3ccc(C(=O)C(=O)c4ccc(Oc5ccnc6cc(OC)c(OC)cc56)cc4N)cc3)c2cc1OC. The van der Waals surface area contributed by atoms with E-state index in [1.54, 1.807) is 95.4 Å². The topological polar surface area (TPSA) is 141 Å². The monoisotopic (exact) mass is 631 g/mol. The second-order valence-electron chi connectivity index (χ2n) is 10.2. The summed E-state index contributed by atoms with van der Waals surface area (Å²) in [4.78, 5) is 35.1. The van der Waals surface area contributed by atoms with Crippen LogP contribution in [0, 0.1) is 0 Å². The normalized spacial score (nSPS) is 10.8. The molecule has 0 aliphatic heterocycles. The first-order chi connectivity index (χ1) is 22.8. The lowest BCUT2D eigenvalue weighted by Gasteiger charge is -2.13. The highest BCUT2D eigenvalue weighted by molar-refractivity contribution is 6.50. The van der Waals surface area contributed by atoms with Crippen LogP contribution in [0.5, 0.6) is 46.0 Å². The van der Waals surface area contributed by atoms with E-state index in [4.69, 9.17) is 34.2 Å². The van der Waals surface area contributed by atoms with Crippen LogP contribution < -0.4 is 34.2 Å². The molecule has 0 radical (unpaired) electrons. The molecular formula is C36H29N3O8. The zero-order chi connectivity index (χ0) is 33.1. The molecule has 236 valence electrons. The smallest absolute Gasteiger partial charge is 0.235 e. The van der Waals surface area contributed by atoms with E-state index in [0.29, 0.717) is 67.8 Å². The lowest BCUT2D eigenvalue weighted by atomic mass is 10.00. The van der Waals surface area contributed by atoms with Crippen molar-refractivity contribution in [3.8, 4) is 46.0 Å². The summed E-state index contributed by atoms with van der Waals surface area (Å²) in [6.07, 6.45) is 3.22. The molecule has 0 saturated heterocycles. The number of carbonyl (C=O) groups is 2. The Morgan fingerprint density at radius 1 is 0.532 bits per heavy atom. The number of pyridine rings is 2. The number of hydrogen-bond acceptors (Lipinski definition) is 11. The molecule has 6 rings (SSSR count). The second kappa shape index (κ2) is 12.9. The van der Waals surface area contributed by atoms with Crippen molar-refractivity contribution in [3.05, 3.63) is 102 Å². The van der Waals surface area contributed by atoms with Crippen LogP contribution in [-0.2, 0) is 0 Å². The minimum absolute atomic E-state index is 0.0568. The average molecular weight is 632 g/mol. The van der Waals surface area contributed by atoms with E-state index in [9.17, 15) is 9.59 Å². The van der Waals surface area contributed by atoms with E-state index < -0.39 is 11.6 Å². The summed E-state index contributed by atoms with van der Waals surface area (Å²) >= 11 is 0. The van der Waals surface area contributed by atoms with Gasteiger partial charge in [0.15, 0.2) is 23.0 Å². The number of anilines is 1. The van der Waals surface area contributed by atoms with E-state index in [-0.39, 0.29) is 16.8 Å². The molecule has 0 spiro atoms. The third kappa shape index (κ3) is 6.01. The molecular weight excluding hydrogens is 602 g/mol. The van der Waals surface area contributed by atoms with Crippen LogP contribution in [0.1, 0.15) is 20.7 Å². The first kappa shape index (κ1) is 30.7. The molecule has 2 N–H and O–H groups in total. The molecule has 0 bridgehead atoms. The van der Waals surface area contributed by atoms with Crippen LogP contribution in [0.15, 0.2) is 91.3 Å². The number of ketones is 2. The molecule has 11 nitrogen and oxygen atoms in total. The van der Waals surface area contributed by atoms with Crippen LogP contribution in [0.3, 0.4) is 0 Å². The van der Waals surface area contributed by atoms with Crippen molar-refractivity contribution in [3.63, 3.8) is 0 Å². The van der Waals surface area contributed by atoms with Crippen molar-refractivity contribution in [1.82, 2.24) is 9.97 Å². The molecule has 0 amide bonds. The van der Waals surface area contributed by atoms with E-state index in [1.165, 1.54) is 24.3 Å². The van der Waals surface area contributed by atoms with Gasteiger partial charge in [-0.1, -0.05) is 0 Å². The number of ether oxygens (including phenoxy) is 6. The van der Waals surface area contributed by atoms with Crippen LogP contribution in [0.4, 0.5) is 5.69 Å². The molecule has 0 atom stereocenters. The fourth-order valence-electron chi connectivity index (χ4n) is 5.07. The molecule has 0 fully saturated rings. The summed E-state index contributed by atoms with van der Waals surface area (Å²) < 4.78 is 33.8. The fraction of sp³-hybridized carbons (Fsp3) is 0.111. The molecule has 4 aromatic carbocycles. The number of aromatic nitrogens is 2. The van der Waals surface area contributed by atoms with Gasteiger partial charge in [0.05, 0.1) is 39.5 Å². The maximum absolute atomic E-state index is 13.2. The van der Waals surface area contributed by atoms with Crippen molar-refractivity contribution >= 4 is 39.1 Å². The van der Waals surface area contributed by atoms with Crippen molar-refractivity contribution in [2.24, 2.45) is 0 Å². The minimum atomic E-state index is -0.755. The summed E-state index contributed by atoms with van der Waals surface area (Å²) in [7, 11) is 6.19. The number of rotatable bonds is 11. The third-order valence-electron chi connectivity index (χ3n) is 7.46. The summed E-state index contributed by atoms with van der Waals surface area (Å²) in [6, 6.07) is 21.3. The number of fused-ring (bicyclic) bond motifs is 2. The highest BCUT2D eigenvalue weighted by Gasteiger charge is 2.22.